The van der Waals surface area contributed by atoms with Crippen molar-refractivity contribution in [2.45, 2.75) is 25.3 Å². The van der Waals surface area contributed by atoms with E-state index >= 15 is 0 Å². The minimum atomic E-state index is -0.920. The molecule has 1 aromatic rings. The van der Waals surface area contributed by atoms with Crippen molar-refractivity contribution in [1.29, 1.82) is 0 Å². The maximum absolute atomic E-state index is 12.4. The van der Waals surface area contributed by atoms with Gasteiger partial charge in [-0.2, -0.15) is 0 Å². The Morgan fingerprint density at radius 1 is 1.26 bits per heavy atom. The van der Waals surface area contributed by atoms with Gasteiger partial charge in [-0.3, -0.25) is 9.59 Å². The van der Waals surface area contributed by atoms with Crippen molar-refractivity contribution in [2.24, 2.45) is 5.73 Å². The molecule has 0 saturated carbocycles. The van der Waals surface area contributed by atoms with Gasteiger partial charge >= 0.3 is 0 Å². The van der Waals surface area contributed by atoms with Crippen LogP contribution in [0.4, 0.5) is 5.69 Å². The van der Waals surface area contributed by atoms with Crippen LogP contribution < -0.4 is 11.1 Å². The summed E-state index contributed by atoms with van der Waals surface area (Å²) in [6.45, 7) is 2.91. The van der Waals surface area contributed by atoms with E-state index < -0.39 is 5.54 Å². The largest absolute Gasteiger partial charge is 0.381 e. The maximum Gasteiger partial charge on any atom is 0.243 e. The first-order valence-corrected chi connectivity index (χ1v) is 7.39. The number of likely N-dealkylation sites (N-methyl/N-ethyl adjacent to an activating group) is 1. The number of aryl methyl sites for hydroxylation is 1. The fourth-order valence-corrected chi connectivity index (χ4v) is 2.45. The molecular formula is C16H24ClN3O3. The summed E-state index contributed by atoms with van der Waals surface area (Å²) in [5, 5.41) is 2.77. The number of amides is 2. The summed E-state index contributed by atoms with van der Waals surface area (Å²) >= 11 is 0. The third kappa shape index (κ3) is 5.20. The summed E-state index contributed by atoms with van der Waals surface area (Å²) in [5.74, 6) is -0.454. The molecule has 1 aliphatic rings. The van der Waals surface area contributed by atoms with Gasteiger partial charge in [0.25, 0.3) is 0 Å². The molecule has 0 unspecified atom stereocenters. The highest BCUT2D eigenvalue weighted by Crippen LogP contribution is 2.20. The molecule has 1 aromatic carbocycles. The standard InChI is InChI=1S/C16H23N3O3.ClH/c1-12-3-5-13(6-4-12)18-14(20)11-19(2)15(21)16(17)7-9-22-10-8-16;/h3-6H,7-11,17H2,1-2H3,(H,18,20);1H. The van der Waals surface area contributed by atoms with Gasteiger partial charge in [0.2, 0.25) is 11.8 Å². The predicted molar refractivity (Wildman–Crippen MR) is 91.7 cm³/mol. The Kier molecular flexibility index (Phi) is 7.00. The predicted octanol–water partition coefficient (Wildman–Crippen LogP) is 1.32. The second kappa shape index (κ2) is 8.29. The monoisotopic (exact) mass is 341 g/mol. The zero-order valence-corrected chi connectivity index (χ0v) is 14.3. The molecule has 0 spiro atoms. The van der Waals surface area contributed by atoms with Crippen LogP contribution in [-0.4, -0.2) is 49.1 Å². The maximum atomic E-state index is 12.4. The van der Waals surface area contributed by atoms with E-state index in [1.54, 1.807) is 7.05 Å². The SMILES string of the molecule is Cc1ccc(NC(=O)CN(C)C(=O)C2(N)CCOCC2)cc1.Cl. The van der Waals surface area contributed by atoms with Crippen LogP contribution in [0.25, 0.3) is 0 Å². The molecule has 128 valence electrons. The smallest absolute Gasteiger partial charge is 0.243 e. The van der Waals surface area contributed by atoms with Crippen LogP contribution in [0.2, 0.25) is 0 Å². The van der Waals surface area contributed by atoms with Crippen LogP contribution in [0.15, 0.2) is 24.3 Å². The quantitative estimate of drug-likeness (QED) is 0.865. The van der Waals surface area contributed by atoms with Gasteiger partial charge in [-0.15, -0.1) is 12.4 Å². The van der Waals surface area contributed by atoms with E-state index in [-0.39, 0.29) is 30.8 Å². The van der Waals surface area contributed by atoms with E-state index in [1.165, 1.54) is 4.90 Å². The highest BCUT2D eigenvalue weighted by atomic mass is 35.5. The van der Waals surface area contributed by atoms with E-state index in [0.717, 1.165) is 5.56 Å². The second-order valence-corrected chi connectivity index (χ2v) is 5.84. The number of nitrogens with zero attached hydrogens (tertiary/aromatic N) is 1. The van der Waals surface area contributed by atoms with Crippen LogP contribution in [-0.2, 0) is 14.3 Å². The van der Waals surface area contributed by atoms with E-state index in [9.17, 15) is 9.59 Å². The highest BCUT2D eigenvalue weighted by Gasteiger charge is 2.38. The van der Waals surface area contributed by atoms with Crippen molar-refractivity contribution in [3.05, 3.63) is 29.8 Å². The van der Waals surface area contributed by atoms with Crippen molar-refractivity contribution < 1.29 is 14.3 Å². The van der Waals surface area contributed by atoms with Crippen molar-refractivity contribution in [3.63, 3.8) is 0 Å². The van der Waals surface area contributed by atoms with Gasteiger partial charge in [0.15, 0.2) is 0 Å². The summed E-state index contributed by atoms with van der Waals surface area (Å²) < 4.78 is 5.23. The van der Waals surface area contributed by atoms with Crippen molar-refractivity contribution in [1.82, 2.24) is 4.90 Å². The van der Waals surface area contributed by atoms with Crippen molar-refractivity contribution in [2.75, 3.05) is 32.1 Å². The molecular weight excluding hydrogens is 318 g/mol. The summed E-state index contributed by atoms with van der Waals surface area (Å²) in [7, 11) is 1.60. The van der Waals surface area contributed by atoms with Gasteiger partial charge in [-0.25, -0.2) is 0 Å². The summed E-state index contributed by atoms with van der Waals surface area (Å²) in [6.07, 6.45) is 0.964. The minimum absolute atomic E-state index is 0. The molecule has 0 radical (unpaired) electrons. The van der Waals surface area contributed by atoms with Crippen molar-refractivity contribution in [3.8, 4) is 0 Å². The number of carbonyl (C=O) groups excluding carboxylic acids is 2. The third-order valence-electron chi connectivity index (χ3n) is 3.87. The fourth-order valence-electron chi connectivity index (χ4n) is 2.45. The molecule has 0 aliphatic carbocycles. The normalized spacial score (nSPS) is 16.1. The summed E-state index contributed by atoms with van der Waals surface area (Å²) in [5.41, 5.74) is 7.06. The van der Waals surface area contributed by atoms with Gasteiger partial charge in [0, 0.05) is 25.9 Å². The number of ether oxygens (including phenoxy) is 1. The zero-order valence-electron chi connectivity index (χ0n) is 13.5. The van der Waals surface area contributed by atoms with Crippen LogP contribution in [0.5, 0.6) is 0 Å². The Morgan fingerprint density at radius 2 is 1.83 bits per heavy atom. The second-order valence-electron chi connectivity index (χ2n) is 5.84. The van der Waals surface area contributed by atoms with Crippen LogP contribution in [0.3, 0.4) is 0 Å². The Labute approximate surface area is 142 Å². The number of nitrogens with one attached hydrogen (secondary N) is 1. The van der Waals surface area contributed by atoms with Gasteiger partial charge in [0.05, 0.1) is 12.1 Å². The molecule has 2 amide bonds. The van der Waals surface area contributed by atoms with E-state index in [4.69, 9.17) is 10.5 Å². The molecule has 0 aromatic heterocycles. The Balaban J connectivity index is 0.00000264. The first-order valence-electron chi connectivity index (χ1n) is 7.39. The molecule has 1 saturated heterocycles. The number of rotatable bonds is 4. The lowest BCUT2D eigenvalue weighted by molar-refractivity contribution is -0.141. The van der Waals surface area contributed by atoms with Gasteiger partial charge in [-0.05, 0) is 31.9 Å². The molecule has 7 heteroatoms. The molecule has 6 nitrogen and oxygen atoms in total. The average molecular weight is 342 g/mol. The molecule has 3 N–H and O–H groups in total. The number of carbonyl (C=O) groups is 2. The number of benzene rings is 1. The lowest BCUT2D eigenvalue weighted by atomic mass is 9.90. The molecule has 0 bridgehead atoms. The Bertz CT molecular complexity index is 542. The molecule has 23 heavy (non-hydrogen) atoms. The third-order valence-corrected chi connectivity index (χ3v) is 3.87. The summed E-state index contributed by atoms with van der Waals surface area (Å²) in [4.78, 5) is 25.8. The Hall–Kier alpha value is -1.63. The number of hydrogen-bond donors (Lipinski definition) is 2. The average Bonchev–Trinajstić information content (AvgIpc) is 2.49. The first kappa shape index (κ1) is 19.4. The van der Waals surface area contributed by atoms with Crippen molar-refractivity contribution >= 4 is 29.9 Å². The lowest BCUT2D eigenvalue weighted by Crippen LogP contribution is -2.58. The van der Waals surface area contributed by atoms with E-state index in [1.807, 2.05) is 31.2 Å². The van der Waals surface area contributed by atoms with Gasteiger partial charge in [-0.1, -0.05) is 17.7 Å². The molecule has 1 heterocycles. The lowest BCUT2D eigenvalue weighted by Gasteiger charge is -2.35. The van der Waals surface area contributed by atoms with E-state index in [2.05, 4.69) is 5.32 Å². The molecule has 1 fully saturated rings. The molecule has 1 aliphatic heterocycles. The van der Waals surface area contributed by atoms with Gasteiger partial charge < -0.3 is 20.7 Å². The number of anilines is 1. The zero-order chi connectivity index (χ0) is 16.2. The fraction of sp³-hybridized carbons (Fsp3) is 0.500. The number of hydrogen-bond acceptors (Lipinski definition) is 4. The van der Waals surface area contributed by atoms with Crippen LogP contribution >= 0.6 is 12.4 Å². The minimum Gasteiger partial charge on any atom is -0.381 e. The number of halogens is 1. The van der Waals surface area contributed by atoms with Crippen LogP contribution in [0, 0.1) is 6.92 Å². The first-order chi connectivity index (χ1) is 10.4. The topological polar surface area (TPSA) is 84.7 Å². The molecule has 2 rings (SSSR count). The summed E-state index contributed by atoms with van der Waals surface area (Å²) in [6, 6.07) is 7.50. The van der Waals surface area contributed by atoms with E-state index in [0.29, 0.717) is 31.7 Å². The van der Waals surface area contributed by atoms with Crippen LogP contribution in [0.1, 0.15) is 18.4 Å². The molecule has 0 atom stereocenters. The van der Waals surface area contributed by atoms with Gasteiger partial charge in [0.1, 0.15) is 0 Å². The Morgan fingerprint density at radius 3 is 2.39 bits per heavy atom. The number of nitrogens with two attached hydrogens (primary N) is 1. The highest BCUT2D eigenvalue weighted by molar-refractivity contribution is 5.96.